The number of fused-ring (bicyclic) bond motifs is 4. The van der Waals surface area contributed by atoms with Gasteiger partial charge in [0, 0.05) is 22.5 Å². The molecule has 0 saturated carbocycles. The average Bonchev–Trinajstić information content (AvgIpc) is 3.44. The minimum atomic E-state index is -0.369. The Hall–Kier alpha value is -5.81. The number of rotatable bonds is 4. The Labute approximate surface area is 241 Å². The van der Waals surface area contributed by atoms with Crippen LogP contribution in [-0.2, 0) is 0 Å². The van der Waals surface area contributed by atoms with Crippen LogP contribution in [0.15, 0.2) is 149 Å². The van der Waals surface area contributed by atoms with E-state index in [1.807, 2.05) is 72.9 Å². The van der Waals surface area contributed by atoms with E-state index >= 15 is 0 Å². The maximum Gasteiger partial charge on any atom is 0.355 e. The van der Waals surface area contributed by atoms with E-state index in [1.54, 1.807) is 0 Å². The van der Waals surface area contributed by atoms with Crippen LogP contribution in [0, 0.1) is 0 Å². The fourth-order valence-electron chi connectivity index (χ4n) is 5.62. The van der Waals surface area contributed by atoms with Gasteiger partial charge < -0.3 is 4.42 Å². The Morgan fingerprint density at radius 3 is 1.93 bits per heavy atom. The van der Waals surface area contributed by atoms with Crippen LogP contribution in [0.3, 0.4) is 0 Å². The smallest absolute Gasteiger partial charge is 0.355 e. The highest BCUT2D eigenvalue weighted by Gasteiger charge is 2.15. The van der Waals surface area contributed by atoms with Crippen molar-refractivity contribution in [2.24, 2.45) is 0 Å². The predicted molar refractivity (Wildman–Crippen MR) is 168 cm³/mol. The molecule has 0 radical (unpaired) electrons. The van der Waals surface area contributed by atoms with Gasteiger partial charge in [-0.1, -0.05) is 103 Å². The third-order valence-electron chi connectivity index (χ3n) is 7.72. The summed E-state index contributed by atoms with van der Waals surface area (Å²) in [7, 11) is 0. The zero-order valence-corrected chi connectivity index (χ0v) is 22.4. The van der Waals surface area contributed by atoms with Gasteiger partial charge in [-0.25, -0.2) is 9.78 Å². The molecule has 5 heteroatoms. The molecule has 5 nitrogen and oxygen atoms in total. The van der Waals surface area contributed by atoms with E-state index in [1.165, 1.54) is 15.5 Å². The molecule has 0 bridgehead atoms. The lowest BCUT2D eigenvalue weighted by Gasteiger charge is -2.08. The summed E-state index contributed by atoms with van der Waals surface area (Å²) in [5.41, 5.74) is 9.07. The molecular formula is C37H23N3O2. The van der Waals surface area contributed by atoms with E-state index in [0.29, 0.717) is 11.5 Å². The highest BCUT2D eigenvalue weighted by molar-refractivity contribution is 6.13. The van der Waals surface area contributed by atoms with Crippen molar-refractivity contribution in [3.8, 4) is 44.8 Å². The van der Waals surface area contributed by atoms with Crippen LogP contribution >= 0.6 is 0 Å². The molecule has 42 heavy (non-hydrogen) atoms. The SMILES string of the molecule is O=c1nc(-c2ccccc2)nc2ccc(-c3cccc4oc5ccc(-c6ccc(-c7ccccc7)cc6)cc5c34)cn12. The lowest BCUT2D eigenvalue weighted by atomic mass is 9.97. The van der Waals surface area contributed by atoms with Crippen LogP contribution in [0.5, 0.6) is 0 Å². The Kier molecular flexibility index (Phi) is 5.54. The van der Waals surface area contributed by atoms with Crippen molar-refractivity contribution in [1.29, 1.82) is 0 Å². The van der Waals surface area contributed by atoms with Crippen molar-refractivity contribution < 1.29 is 4.42 Å². The lowest BCUT2D eigenvalue weighted by molar-refractivity contribution is 0.669. The van der Waals surface area contributed by atoms with Crippen LogP contribution in [0.4, 0.5) is 0 Å². The molecule has 0 spiro atoms. The minimum Gasteiger partial charge on any atom is -0.456 e. The molecule has 0 aliphatic heterocycles. The van der Waals surface area contributed by atoms with Gasteiger partial charge in [-0.05, 0) is 63.7 Å². The van der Waals surface area contributed by atoms with Crippen molar-refractivity contribution in [2.45, 2.75) is 0 Å². The van der Waals surface area contributed by atoms with Crippen LogP contribution < -0.4 is 5.69 Å². The standard InChI is InChI=1S/C37H23N3O2/c41-37-39-36(27-10-5-2-6-11-27)38-34-21-19-29(23-40(34)37)30-12-7-13-33-35(30)31-22-28(18-20-32(31)42-33)26-16-14-25(15-17-26)24-8-3-1-4-9-24/h1-23H. The van der Waals surface area contributed by atoms with Gasteiger partial charge in [0.2, 0.25) is 0 Å². The molecule has 5 aromatic carbocycles. The van der Waals surface area contributed by atoms with E-state index in [9.17, 15) is 4.79 Å². The highest BCUT2D eigenvalue weighted by atomic mass is 16.3. The summed E-state index contributed by atoms with van der Waals surface area (Å²) in [6, 6.07) is 44.7. The summed E-state index contributed by atoms with van der Waals surface area (Å²) < 4.78 is 7.77. The zero-order valence-electron chi connectivity index (χ0n) is 22.4. The van der Waals surface area contributed by atoms with Crippen LogP contribution in [-0.4, -0.2) is 14.4 Å². The second kappa shape index (κ2) is 9.68. The first-order valence-corrected chi connectivity index (χ1v) is 13.8. The van der Waals surface area contributed by atoms with E-state index in [-0.39, 0.29) is 5.69 Å². The quantitative estimate of drug-likeness (QED) is 0.224. The van der Waals surface area contributed by atoms with Crippen LogP contribution in [0.25, 0.3) is 72.4 Å². The normalized spacial score (nSPS) is 11.4. The highest BCUT2D eigenvalue weighted by Crippen LogP contribution is 2.38. The molecule has 8 aromatic rings. The molecule has 0 fully saturated rings. The average molecular weight is 542 g/mol. The van der Waals surface area contributed by atoms with Gasteiger partial charge >= 0.3 is 5.69 Å². The second-order valence-corrected chi connectivity index (χ2v) is 10.3. The van der Waals surface area contributed by atoms with E-state index in [2.05, 4.69) is 76.7 Å². The molecule has 198 valence electrons. The molecule has 0 saturated heterocycles. The topological polar surface area (TPSA) is 60.4 Å². The molecule has 8 rings (SSSR count). The largest absolute Gasteiger partial charge is 0.456 e. The molecule has 3 heterocycles. The molecular weight excluding hydrogens is 518 g/mol. The summed E-state index contributed by atoms with van der Waals surface area (Å²) in [6.07, 6.45) is 1.81. The van der Waals surface area contributed by atoms with Crippen LogP contribution in [0.1, 0.15) is 0 Å². The van der Waals surface area contributed by atoms with E-state index < -0.39 is 0 Å². The number of nitrogens with zero attached hydrogens (tertiary/aromatic N) is 3. The third-order valence-corrected chi connectivity index (χ3v) is 7.72. The van der Waals surface area contributed by atoms with Crippen molar-refractivity contribution >= 4 is 27.6 Å². The van der Waals surface area contributed by atoms with Gasteiger partial charge in [-0.15, -0.1) is 0 Å². The number of aromatic nitrogens is 3. The fraction of sp³-hybridized carbons (Fsp3) is 0. The first-order chi connectivity index (χ1) is 20.7. The molecule has 0 unspecified atom stereocenters. The number of hydrogen-bond acceptors (Lipinski definition) is 4. The number of hydrogen-bond donors (Lipinski definition) is 0. The fourth-order valence-corrected chi connectivity index (χ4v) is 5.62. The molecule has 0 aliphatic carbocycles. The maximum atomic E-state index is 13.1. The summed E-state index contributed by atoms with van der Waals surface area (Å²) in [6.45, 7) is 0. The predicted octanol–water partition coefficient (Wildman–Crippen LogP) is 8.66. The van der Waals surface area contributed by atoms with Gasteiger partial charge in [-0.3, -0.25) is 4.40 Å². The number of pyridine rings is 1. The van der Waals surface area contributed by atoms with Crippen LogP contribution in [0.2, 0.25) is 0 Å². The van der Waals surface area contributed by atoms with E-state index in [0.717, 1.165) is 49.8 Å². The number of benzene rings is 5. The Morgan fingerprint density at radius 2 is 1.17 bits per heavy atom. The summed E-state index contributed by atoms with van der Waals surface area (Å²) in [4.78, 5) is 22.0. The maximum absolute atomic E-state index is 13.1. The monoisotopic (exact) mass is 541 g/mol. The van der Waals surface area contributed by atoms with Gasteiger partial charge in [0.1, 0.15) is 16.8 Å². The van der Waals surface area contributed by atoms with Crippen molar-refractivity contribution in [3.63, 3.8) is 0 Å². The van der Waals surface area contributed by atoms with Gasteiger partial charge in [0.05, 0.1) is 0 Å². The summed E-state index contributed by atoms with van der Waals surface area (Å²) in [5, 5.41) is 2.03. The van der Waals surface area contributed by atoms with Gasteiger partial charge in [-0.2, -0.15) is 4.98 Å². The van der Waals surface area contributed by atoms with Crippen molar-refractivity contribution in [2.75, 3.05) is 0 Å². The third kappa shape index (κ3) is 4.07. The summed E-state index contributed by atoms with van der Waals surface area (Å²) in [5.74, 6) is 0.417. The van der Waals surface area contributed by atoms with E-state index in [4.69, 9.17) is 4.42 Å². The molecule has 0 atom stereocenters. The number of furan rings is 1. The Bertz CT molecular complexity index is 2300. The second-order valence-electron chi connectivity index (χ2n) is 10.3. The first kappa shape index (κ1) is 24.0. The Balaban J connectivity index is 1.23. The summed E-state index contributed by atoms with van der Waals surface area (Å²) >= 11 is 0. The Morgan fingerprint density at radius 1 is 0.524 bits per heavy atom. The first-order valence-electron chi connectivity index (χ1n) is 13.8. The lowest BCUT2D eigenvalue weighted by Crippen LogP contribution is -2.19. The van der Waals surface area contributed by atoms with Gasteiger partial charge in [0.15, 0.2) is 5.82 Å². The molecule has 3 aromatic heterocycles. The minimum absolute atomic E-state index is 0.369. The molecule has 0 N–H and O–H groups in total. The van der Waals surface area contributed by atoms with Crippen molar-refractivity contribution in [1.82, 2.24) is 14.4 Å². The molecule has 0 aliphatic rings. The molecule has 0 amide bonds. The van der Waals surface area contributed by atoms with Crippen molar-refractivity contribution in [3.05, 3.63) is 150 Å². The zero-order chi connectivity index (χ0) is 28.0. The van der Waals surface area contributed by atoms with Gasteiger partial charge in [0.25, 0.3) is 0 Å².